The van der Waals surface area contributed by atoms with Crippen LogP contribution < -0.4 is 0 Å². The molecule has 1 rings (SSSR count). The SMILES string of the molecule is Brc1cc[c]cc1.[Pt]. The van der Waals surface area contributed by atoms with Gasteiger partial charge in [0.25, 0.3) is 0 Å². The van der Waals surface area contributed by atoms with Crippen molar-refractivity contribution in [3.8, 4) is 0 Å². The number of benzene rings is 1. The fourth-order valence-corrected chi connectivity index (χ4v) is 0.631. The van der Waals surface area contributed by atoms with Crippen LogP contribution in [0.3, 0.4) is 0 Å². The molecule has 0 nitrogen and oxygen atoms in total. The third-order valence-electron chi connectivity index (χ3n) is 0.678. The van der Waals surface area contributed by atoms with Gasteiger partial charge in [0.1, 0.15) is 0 Å². The standard InChI is InChI=1S/C6H4Br.Pt/c7-6-4-2-1-3-5-6;/h2-5H;. The van der Waals surface area contributed by atoms with E-state index in [4.69, 9.17) is 0 Å². The molecule has 0 heterocycles. The molecule has 0 spiro atoms. The Bertz CT molecular complexity index is 138. The summed E-state index contributed by atoms with van der Waals surface area (Å²) in [6.45, 7) is 0. The molecule has 0 unspecified atom stereocenters. The molecule has 0 saturated carbocycles. The Hall–Kier alpha value is 0.388. The van der Waals surface area contributed by atoms with Crippen molar-refractivity contribution in [3.05, 3.63) is 34.8 Å². The normalized spacial score (nSPS) is 7.62. The second-order valence-electron chi connectivity index (χ2n) is 1.22. The third kappa shape index (κ3) is 2.64. The van der Waals surface area contributed by atoms with Gasteiger partial charge < -0.3 is 0 Å². The van der Waals surface area contributed by atoms with E-state index in [-0.39, 0.29) is 21.1 Å². The Balaban J connectivity index is 0.000000490. The van der Waals surface area contributed by atoms with Crippen molar-refractivity contribution in [1.29, 1.82) is 0 Å². The van der Waals surface area contributed by atoms with Crippen molar-refractivity contribution in [1.82, 2.24) is 0 Å². The molecule has 0 fully saturated rings. The van der Waals surface area contributed by atoms with Crippen LogP contribution in [0, 0.1) is 6.07 Å². The van der Waals surface area contributed by atoms with Crippen LogP contribution in [0.25, 0.3) is 0 Å². The number of hydrogen-bond donors (Lipinski definition) is 0. The van der Waals surface area contributed by atoms with Crippen molar-refractivity contribution in [2.45, 2.75) is 0 Å². The summed E-state index contributed by atoms with van der Waals surface area (Å²) >= 11 is 3.29. The summed E-state index contributed by atoms with van der Waals surface area (Å²) in [5.74, 6) is 0. The van der Waals surface area contributed by atoms with Crippen molar-refractivity contribution >= 4 is 15.9 Å². The molecule has 1 aromatic carbocycles. The molecule has 0 aromatic heterocycles. The van der Waals surface area contributed by atoms with E-state index < -0.39 is 0 Å². The first-order valence-corrected chi connectivity index (χ1v) is 2.80. The molecule has 0 aliphatic heterocycles. The summed E-state index contributed by atoms with van der Waals surface area (Å²) < 4.78 is 1.10. The Morgan fingerprint density at radius 1 is 1.25 bits per heavy atom. The smallest absolute Gasteiger partial charge is 0.0175 e. The van der Waals surface area contributed by atoms with Gasteiger partial charge >= 0.3 is 0 Å². The van der Waals surface area contributed by atoms with Crippen molar-refractivity contribution in [2.75, 3.05) is 0 Å². The largest absolute Gasteiger partial charge is 0.0533 e. The van der Waals surface area contributed by atoms with Crippen LogP contribution in [0.15, 0.2) is 28.7 Å². The summed E-state index contributed by atoms with van der Waals surface area (Å²) in [5.41, 5.74) is 0. The van der Waals surface area contributed by atoms with Gasteiger partial charge in [-0.25, -0.2) is 0 Å². The number of halogens is 1. The molecule has 2 heteroatoms. The van der Waals surface area contributed by atoms with Gasteiger partial charge in [0.2, 0.25) is 0 Å². The van der Waals surface area contributed by atoms with E-state index in [1.165, 1.54) is 0 Å². The summed E-state index contributed by atoms with van der Waals surface area (Å²) in [5, 5.41) is 0. The molecule has 0 bridgehead atoms. The molecule has 1 aromatic rings. The molecule has 0 aliphatic rings. The molecule has 0 amide bonds. The molecule has 0 N–H and O–H groups in total. The average Bonchev–Trinajstić information content (AvgIpc) is 1.69. The number of hydrogen-bond acceptors (Lipinski definition) is 0. The van der Waals surface area contributed by atoms with E-state index in [1.807, 2.05) is 24.3 Å². The first-order valence-electron chi connectivity index (χ1n) is 2.01. The van der Waals surface area contributed by atoms with Crippen molar-refractivity contribution in [2.24, 2.45) is 0 Å². The van der Waals surface area contributed by atoms with Gasteiger partial charge in [0.05, 0.1) is 0 Å². The minimum Gasteiger partial charge on any atom is -0.0533 e. The van der Waals surface area contributed by atoms with Gasteiger partial charge in [-0.1, -0.05) is 28.1 Å². The number of rotatable bonds is 0. The van der Waals surface area contributed by atoms with E-state index in [1.54, 1.807) is 0 Å². The van der Waals surface area contributed by atoms with E-state index in [0.29, 0.717) is 0 Å². The van der Waals surface area contributed by atoms with Gasteiger partial charge in [-0.15, -0.1) is 0 Å². The first kappa shape index (κ1) is 8.39. The van der Waals surface area contributed by atoms with Crippen molar-refractivity contribution in [3.63, 3.8) is 0 Å². The predicted molar refractivity (Wildman–Crippen MR) is 33.0 cm³/mol. The Labute approximate surface area is 71.7 Å². The second kappa shape index (κ2) is 4.29. The quantitative estimate of drug-likeness (QED) is 0.673. The molecule has 8 heavy (non-hydrogen) atoms. The Morgan fingerprint density at radius 3 is 2.00 bits per heavy atom. The zero-order valence-electron chi connectivity index (χ0n) is 4.00. The van der Waals surface area contributed by atoms with Crippen LogP contribution in [0.5, 0.6) is 0 Å². The summed E-state index contributed by atoms with van der Waals surface area (Å²) in [7, 11) is 0. The minimum absolute atomic E-state index is 0. The molecular formula is C6H4BrPt. The Kier molecular flexibility index (Phi) is 4.49. The van der Waals surface area contributed by atoms with Crippen LogP contribution in [0.1, 0.15) is 0 Å². The van der Waals surface area contributed by atoms with E-state index in [0.717, 1.165) is 4.47 Å². The fraction of sp³-hybridized carbons (Fsp3) is 0. The Morgan fingerprint density at radius 2 is 1.75 bits per heavy atom. The second-order valence-corrected chi connectivity index (χ2v) is 2.13. The predicted octanol–water partition coefficient (Wildman–Crippen LogP) is 2.25. The van der Waals surface area contributed by atoms with Gasteiger partial charge in [-0.05, 0) is 18.2 Å². The molecule has 45 valence electrons. The summed E-state index contributed by atoms with van der Waals surface area (Å²) in [4.78, 5) is 0. The van der Waals surface area contributed by atoms with Gasteiger partial charge in [0.15, 0.2) is 0 Å². The van der Waals surface area contributed by atoms with Crippen molar-refractivity contribution < 1.29 is 21.1 Å². The van der Waals surface area contributed by atoms with Crippen LogP contribution in [-0.2, 0) is 21.1 Å². The van der Waals surface area contributed by atoms with Crippen LogP contribution in [0.2, 0.25) is 0 Å². The molecular weight excluding hydrogens is 347 g/mol. The maximum Gasteiger partial charge on any atom is 0.0175 e. The maximum atomic E-state index is 3.29. The average molecular weight is 351 g/mol. The molecule has 0 aliphatic carbocycles. The zero-order chi connectivity index (χ0) is 5.11. The molecule has 1 radical (unpaired) electrons. The first-order chi connectivity index (χ1) is 3.39. The summed E-state index contributed by atoms with van der Waals surface area (Å²) in [6, 6.07) is 10.5. The van der Waals surface area contributed by atoms with Gasteiger partial charge in [0, 0.05) is 25.5 Å². The fourth-order valence-electron chi connectivity index (χ4n) is 0.367. The third-order valence-corrected chi connectivity index (χ3v) is 1.21. The zero-order valence-corrected chi connectivity index (χ0v) is 7.86. The van der Waals surface area contributed by atoms with Crippen LogP contribution in [-0.4, -0.2) is 0 Å². The van der Waals surface area contributed by atoms with Gasteiger partial charge in [-0.2, -0.15) is 0 Å². The van der Waals surface area contributed by atoms with E-state index in [2.05, 4.69) is 22.0 Å². The van der Waals surface area contributed by atoms with E-state index >= 15 is 0 Å². The van der Waals surface area contributed by atoms with Gasteiger partial charge in [-0.3, -0.25) is 0 Å². The maximum absolute atomic E-state index is 3.29. The molecule has 0 saturated heterocycles. The van der Waals surface area contributed by atoms with Crippen LogP contribution in [0.4, 0.5) is 0 Å². The summed E-state index contributed by atoms with van der Waals surface area (Å²) in [6.07, 6.45) is 0. The monoisotopic (exact) mass is 350 g/mol. The minimum atomic E-state index is 0. The topological polar surface area (TPSA) is 0 Å². The molecule has 0 atom stereocenters. The van der Waals surface area contributed by atoms with E-state index in [9.17, 15) is 0 Å². The van der Waals surface area contributed by atoms with Crippen LogP contribution >= 0.6 is 15.9 Å².